The summed E-state index contributed by atoms with van der Waals surface area (Å²) in [6.45, 7) is 5.04. The highest BCUT2D eigenvalue weighted by Gasteiger charge is 2.25. The molecule has 1 heterocycles. The molecule has 210 valence electrons. The Kier molecular flexibility index (Phi) is 27.8. The van der Waals surface area contributed by atoms with Crippen LogP contribution in [0, 0.1) is 11.3 Å². The molecule has 0 radical (unpaired) electrons. The largest absolute Gasteiger partial charge is 0.481 e. The van der Waals surface area contributed by atoms with E-state index in [1.807, 2.05) is 43.3 Å². The van der Waals surface area contributed by atoms with E-state index in [1.54, 1.807) is 0 Å². The number of rotatable bonds is 8. The first-order valence-electron chi connectivity index (χ1n) is 11.1. The Morgan fingerprint density at radius 2 is 1.81 bits per heavy atom. The molecule has 1 aromatic rings. The molecule has 2 rings (SSSR count). The molecule has 1 aliphatic rings. The maximum Gasteiger partial charge on any atom is 0.319 e. The Morgan fingerprint density at radius 3 is 2.27 bits per heavy atom. The highest BCUT2D eigenvalue weighted by Crippen LogP contribution is 2.23. The molecule has 37 heavy (non-hydrogen) atoms. The number of carboxylic acids is 1. The molecule has 0 saturated carbocycles. The van der Waals surface area contributed by atoms with Crippen molar-refractivity contribution in [2.45, 2.75) is 50.2 Å². The average molecular weight is 561 g/mol. The van der Waals surface area contributed by atoms with Gasteiger partial charge in [0.2, 0.25) is 0 Å². The van der Waals surface area contributed by atoms with E-state index in [4.69, 9.17) is 30.4 Å². The smallest absolute Gasteiger partial charge is 0.319 e. The second kappa shape index (κ2) is 26.4. The Hall–Kier alpha value is -2.63. The number of nitriles is 1. The topological polar surface area (TPSA) is 196 Å². The molecule has 0 bridgehead atoms. The number of hydrogen-bond acceptors (Lipinski definition) is 12. The lowest BCUT2D eigenvalue weighted by atomic mass is 10.2. The number of thioether (sulfide) groups is 1. The molecule has 2 atom stereocenters. The molecule has 0 saturated heterocycles. The van der Waals surface area contributed by atoms with Crippen molar-refractivity contribution in [1.29, 1.82) is 5.26 Å². The van der Waals surface area contributed by atoms with Crippen LogP contribution in [0.25, 0.3) is 0 Å². The summed E-state index contributed by atoms with van der Waals surface area (Å²) < 4.78 is 14.8. The van der Waals surface area contributed by atoms with Gasteiger partial charge in [0, 0.05) is 19.9 Å². The molecule has 6 N–H and O–H groups in total. The number of nitrogens with zero attached hydrogens (tertiary/aromatic N) is 2. The maximum absolute atomic E-state index is 11.5. The number of benzene rings is 1. The monoisotopic (exact) mass is 560 g/mol. The van der Waals surface area contributed by atoms with Crippen molar-refractivity contribution in [2.75, 3.05) is 33.9 Å². The average Bonchev–Trinajstić information content (AvgIpc) is 2.89. The molecule has 11 nitrogen and oxygen atoms in total. The lowest BCUT2D eigenvalue weighted by Gasteiger charge is -2.19. The number of carbonyl (C=O) groups is 3. The molecular weight excluding hydrogens is 520 g/mol. The second-order valence-corrected chi connectivity index (χ2v) is 8.72. The minimum Gasteiger partial charge on any atom is -0.481 e. The summed E-state index contributed by atoms with van der Waals surface area (Å²) in [4.78, 5) is 35.4. The van der Waals surface area contributed by atoms with Crippen LogP contribution in [0.15, 0.2) is 35.3 Å². The third-order valence-electron chi connectivity index (χ3n) is 3.83. The quantitative estimate of drug-likeness (QED) is 0.269. The van der Waals surface area contributed by atoms with Crippen molar-refractivity contribution in [3.05, 3.63) is 35.9 Å². The van der Waals surface area contributed by atoms with Gasteiger partial charge in [0.25, 0.3) is 5.97 Å². The molecule has 0 fully saturated rings. The molecule has 0 aliphatic carbocycles. The molecule has 0 spiro atoms. The summed E-state index contributed by atoms with van der Waals surface area (Å²) >= 11 is 5.38. The van der Waals surface area contributed by atoms with Crippen LogP contribution in [0.1, 0.15) is 38.7 Å². The van der Waals surface area contributed by atoms with Crippen LogP contribution in [0.2, 0.25) is 0 Å². The minimum absolute atomic E-state index is 0. The van der Waals surface area contributed by atoms with Gasteiger partial charge in [-0.2, -0.15) is 17.9 Å². The number of nitrogens with two attached hydrogens (primary N) is 1. The fraction of sp³-hybridized carbons (Fsp3) is 0.542. The van der Waals surface area contributed by atoms with E-state index in [-0.39, 0.29) is 28.6 Å². The van der Waals surface area contributed by atoms with Crippen LogP contribution in [-0.4, -0.2) is 72.5 Å². The Balaban J connectivity index is -0.000000537. The SMILES string of the molecule is CC(=O)O.CCC#N.COC(=O)C(S)CCN.COC(=O)C1CCN=C(COCc2ccccc2)S1.N. The zero-order valence-electron chi connectivity index (χ0n) is 21.9. The summed E-state index contributed by atoms with van der Waals surface area (Å²) in [6, 6.07) is 11.9. The number of aliphatic carboxylic acids is 1. The number of carboxylic acid groups (broad SMARTS) is 1. The van der Waals surface area contributed by atoms with Crippen LogP contribution in [0.4, 0.5) is 0 Å². The van der Waals surface area contributed by atoms with E-state index < -0.39 is 5.97 Å². The van der Waals surface area contributed by atoms with Gasteiger partial charge in [0.15, 0.2) is 0 Å². The molecular formula is C24H40N4O7S2. The van der Waals surface area contributed by atoms with Crippen molar-refractivity contribution in [2.24, 2.45) is 10.7 Å². The molecule has 1 aromatic carbocycles. The highest BCUT2D eigenvalue weighted by molar-refractivity contribution is 8.15. The van der Waals surface area contributed by atoms with Gasteiger partial charge in [-0.15, -0.1) is 0 Å². The summed E-state index contributed by atoms with van der Waals surface area (Å²) in [7, 11) is 2.75. The van der Waals surface area contributed by atoms with Gasteiger partial charge < -0.3 is 31.2 Å². The van der Waals surface area contributed by atoms with E-state index in [9.17, 15) is 9.59 Å². The summed E-state index contributed by atoms with van der Waals surface area (Å²) in [5.74, 6) is -1.33. The molecule has 1 aliphatic heterocycles. The van der Waals surface area contributed by atoms with E-state index in [0.717, 1.165) is 24.0 Å². The van der Waals surface area contributed by atoms with Gasteiger partial charge in [-0.25, -0.2) is 0 Å². The van der Waals surface area contributed by atoms with E-state index in [1.165, 1.54) is 26.0 Å². The predicted molar refractivity (Wildman–Crippen MR) is 149 cm³/mol. The third kappa shape index (κ3) is 23.5. The van der Waals surface area contributed by atoms with Crippen molar-refractivity contribution >= 4 is 47.3 Å². The first-order valence-corrected chi connectivity index (χ1v) is 12.5. The zero-order valence-corrected chi connectivity index (χ0v) is 23.6. The van der Waals surface area contributed by atoms with Crippen molar-refractivity contribution in [3.8, 4) is 6.07 Å². The first-order chi connectivity index (χ1) is 17.2. The van der Waals surface area contributed by atoms with Crippen LogP contribution in [0.3, 0.4) is 0 Å². The molecule has 0 aromatic heterocycles. The Morgan fingerprint density at radius 1 is 1.24 bits per heavy atom. The lowest BCUT2D eigenvalue weighted by molar-refractivity contribution is -0.140. The normalized spacial score (nSPS) is 14.0. The summed E-state index contributed by atoms with van der Waals surface area (Å²) in [5.41, 5.74) is 6.30. The van der Waals surface area contributed by atoms with Gasteiger partial charge in [0.05, 0.1) is 38.5 Å². The second-order valence-electron chi connectivity index (χ2n) is 6.82. The first kappa shape index (κ1) is 38.9. The van der Waals surface area contributed by atoms with E-state index in [2.05, 4.69) is 22.4 Å². The van der Waals surface area contributed by atoms with E-state index in [0.29, 0.717) is 39.1 Å². The minimum atomic E-state index is -0.833. The van der Waals surface area contributed by atoms with E-state index >= 15 is 0 Å². The number of hydrogen-bond donors (Lipinski definition) is 4. The number of esters is 2. The molecule has 2 unspecified atom stereocenters. The van der Waals surface area contributed by atoms with Crippen molar-refractivity contribution < 1.29 is 33.7 Å². The summed E-state index contributed by atoms with van der Waals surface area (Å²) in [5, 5.41) is 15.4. The molecule has 0 amide bonds. The predicted octanol–water partition coefficient (Wildman–Crippen LogP) is 3.26. The van der Waals surface area contributed by atoms with Crippen molar-refractivity contribution in [3.63, 3.8) is 0 Å². The Labute approximate surface area is 229 Å². The fourth-order valence-corrected chi connectivity index (χ4v) is 3.50. The Bertz CT molecular complexity index is 817. The van der Waals surface area contributed by atoms with Gasteiger partial charge in [0.1, 0.15) is 10.5 Å². The molecule has 13 heteroatoms. The van der Waals surface area contributed by atoms with Gasteiger partial charge in [-0.3, -0.25) is 19.4 Å². The maximum atomic E-state index is 11.5. The van der Waals surface area contributed by atoms with Crippen LogP contribution < -0.4 is 11.9 Å². The number of thiol groups is 1. The third-order valence-corrected chi connectivity index (χ3v) is 5.53. The highest BCUT2D eigenvalue weighted by atomic mass is 32.2. The summed E-state index contributed by atoms with van der Waals surface area (Å²) in [6.07, 6.45) is 1.93. The van der Waals surface area contributed by atoms with Gasteiger partial charge in [-0.05, 0) is 24.9 Å². The number of ether oxygens (including phenoxy) is 3. The van der Waals surface area contributed by atoms with Crippen LogP contribution in [0.5, 0.6) is 0 Å². The van der Waals surface area contributed by atoms with Crippen LogP contribution in [-0.2, 0) is 35.2 Å². The fourth-order valence-electron chi connectivity index (χ4n) is 2.19. The lowest BCUT2D eigenvalue weighted by Crippen LogP contribution is -2.26. The van der Waals surface area contributed by atoms with Crippen molar-refractivity contribution in [1.82, 2.24) is 6.15 Å². The zero-order chi connectivity index (χ0) is 27.8. The van der Waals surface area contributed by atoms with Gasteiger partial charge >= 0.3 is 11.9 Å². The standard InChI is InChI=1S/C14H17NO3S.C5H11NO2S.C3H5N.C2H4O2.H3N/c1-17-14(16)12-7-8-15-13(19-12)10-18-9-11-5-3-2-4-6-11;1-8-5(7)4(9)2-3-6;1-2-3-4;1-2(3)4;/h2-6,12H,7-10H2,1H3;4,9H,2-3,6H2,1H3;2H2,1H3;1H3,(H,3,4);1H3. The van der Waals surface area contributed by atoms with Gasteiger partial charge in [-0.1, -0.05) is 49.0 Å². The number of carbonyl (C=O) groups excluding carboxylic acids is 2. The number of aliphatic imine (C=N–C) groups is 1. The number of methoxy groups -OCH3 is 2. The van der Waals surface area contributed by atoms with Crippen LogP contribution >= 0.6 is 24.4 Å².